The average Bonchev–Trinajstić information content (AvgIpc) is 2.37. The summed E-state index contributed by atoms with van der Waals surface area (Å²) in [5, 5.41) is 12.1. The van der Waals surface area contributed by atoms with Gasteiger partial charge in [0.15, 0.2) is 0 Å². The maximum Gasteiger partial charge on any atom is 0.338 e. The van der Waals surface area contributed by atoms with E-state index in [2.05, 4.69) is 5.10 Å². The zero-order valence-corrected chi connectivity index (χ0v) is 5.60. The fraction of sp³-hybridized carbons (Fsp3) is 0.167. The number of hydrogen-bond acceptors (Lipinski definition) is 3. The highest BCUT2D eigenvalue weighted by molar-refractivity contribution is 5.86. The molecule has 11 heavy (non-hydrogen) atoms. The Labute approximate surface area is 62.3 Å². The molecule has 0 saturated carbocycles. The molecule has 0 aliphatic heterocycles. The minimum Gasteiger partial charge on any atom is -0.478 e. The number of carboxylic acid groups (broad SMARTS) is 1. The van der Waals surface area contributed by atoms with Gasteiger partial charge < -0.3 is 9.90 Å². The van der Waals surface area contributed by atoms with Crippen molar-refractivity contribution in [1.29, 1.82) is 0 Å². The van der Waals surface area contributed by atoms with Crippen LogP contribution in [0.5, 0.6) is 0 Å². The molecule has 1 rings (SSSR count). The van der Waals surface area contributed by atoms with Crippen molar-refractivity contribution in [2.75, 3.05) is 0 Å². The summed E-state index contributed by atoms with van der Waals surface area (Å²) >= 11 is 0. The Hall–Kier alpha value is -1.65. The standard InChI is InChI=1S/C6H6N2O3/c9-2-1-8-4-5(3-7-8)6(10)11/h2-4H,1H2,(H,10,11). The average molecular weight is 154 g/mol. The number of hydrogen-bond donors (Lipinski definition) is 1. The van der Waals surface area contributed by atoms with Crippen LogP contribution >= 0.6 is 0 Å². The van der Waals surface area contributed by atoms with Crippen LogP contribution in [0.25, 0.3) is 0 Å². The van der Waals surface area contributed by atoms with Crippen molar-refractivity contribution in [3.05, 3.63) is 18.0 Å². The van der Waals surface area contributed by atoms with E-state index in [1.807, 2.05) is 0 Å². The van der Waals surface area contributed by atoms with Crippen LogP contribution in [0.15, 0.2) is 12.4 Å². The van der Waals surface area contributed by atoms with Crippen molar-refractivity contribution < 1.29 is 14.7 Å². The fourth-order valence-electron chi connectivity index (χ4n) is 0.650. The number of carbonyl (C=O) groups excluding carboxylic acids is 1. The van der Waals surface area contributed by atoms with E-state index in [1.54, 1.807) is 0 Å². The van der Waals surface area contributed by atoms with Crippen molar-refractivity contribution in [1.82, 2.24) is 9.78 Å². The predicted octanol–water partition coefficient (Wildman–Crippen LogP) is -0.220. The van der Waals surface area contributed by atoms with E-state index in [0.717, 1.165) is 0 Å². The molecule has 0 bridgehead atoms. The summed E-state index contributed by atoms with van der Waals surface area (Å²) < 4.78 is 1.26. The van der Waals surface area contributed by atoms with Crippen LogP contribution < -0.4 is 0 Å². The molecule has 0 atom stereocenters. The van der Waals surface area contributed by atoms with E-state index in [4.69, 9.17) is 5.11 Å². The zero-order chi connectivity index (χ0) is 8.27. The monoisotopic (exact) mass is 154 g/mol. The van der Waals surface area contributed by atoms with Crippen molar-refractivity contribution in [2.45, 2.75) is 6.54 Å². The van der Waals surface area contributed by atoms with Crippen LogP contribution in [-0.4, -0.2) is 27.1 Å². The van der Waals surface area contributed by atoms with Crippen LogP contribution in [0, 0.1) is 0 Å². The Bertz CT molecular complexity index is 279. The summed E-state index contributed by atoms with van der Waals surface area (Å²) in [6, 6.07) is 0. The molecule has 0 amide bonds. The van der Waals surface area contributed by atoms with E-state index in [0.29, 0.717) is 6.29 Å². The van der Waals surface area contributed by atoms with Crippen LogP contribution in [0.3, 0.4) is 0 Å². The molecular formula is C6H6N2O3. The summed E-state index contributed by atoms with van der Waals surface area (Å²) in [7, 11) is 0. The molecular weight excluding hydrogens is 148 g/mol. The Kier molecular flexibility index (Phi) is 2.00. The number of nitrogens with zero attached hydrogens (tertiary/aromatic N) is 2. The first-order valence-electron chi connectivity index (χ1n) is 2.93. The fourth-order valence-corrected chi connectivity index (χ4v) is 0.650. The van der Waals surface area contributed by atoms with Crippen LogP contribution in [0.1, 0.15) is 10.4 Å². The second-order valence-electron chi connectivity index (χ2n) is 1.92. The lowest BCUT2D eigenvalue weighted by molar-refractivity contribution is -0.108. The van der Waals surface area contributed by atoms with E-state index < -0.39 is 5.97 Å². The van der Waals surface area contributed by atoms with E-state index >= 15 is 0 Å². The molecule has 0 spiro atoms. The molecule has 0 fully saturated rings. The Morgan fingerprint density at radius 3 is 3.00 bits per heavy atom. The summed E-state index contributed by atoms with van der Waals surface area (Å²) in [6.45, 7) is 0.0906. The summed E-state index contributed by atoms with van der Waals surface area (Å²) in [5.74, 6) is -1.04. The third kappa shape index (κ3) is 1.64. The second kappa shape index (κ2) is 2.96. The second-order valence-corrected chi connectivity index (χ2v) is 1.92. The predicted molar refractivity (Wildman–Crippen MR) is 35.3 cm³/mol. The molecule has 0 radical (unpaired) electrons. The minimum absolute atomic E-state index is 0.0897. The molecule has 0 aliphatic carbocycles. The van der Waals surface area contributed by atoms with Gasteiger partial charge in [-0.2, -0.15) is 5.10 Å². The van der Waals surface area contributed by atoms with Gasteiger partial charge in [0, 0.05) is 6.20 Å². The first-order valence-corrected chi connectivity index (χ1v) is 2.93. The number of aldehydes is 1. The van der Waals surface area contributed by atoms with Gasteiger partial charge in [0.25, 0.3) is 0 Å². The van der Waals surface area contributed by atoms with Crippen LogP contribution in [-0.2, 0) is 11.3 Å². The highest BCUT2D eigenvalue weighted by Gasteiger charge is 2.04. The Morgan fingerprint density at radius 1 is 1.82 bits per heavy atom. The molecule has 5 heteroatoms. The number of carboxylic acids is 1. The van der Waals surface area contributed by atoms with Gasteiger partial charge in [-0.3, -0.25) is 4.68 Å². The highest BCUT2D eigenvalue weighted by Crippen LogP contribution is 1.95. The van der Waals surface area contributed by atoms with Gasteiger partial charge >= 0.3 is 5.97 Å². The Balaban J connectivity index is 2.81. The molecule has 0 aromatic carbocycles. The largest absolute Gasteiger partial charge is 0.478 e. The number of rotatable bonds is 3. The first kappa shape index (κ1) is 7.46. The third-order valence-electron chi connectivity index (χ3n) is 1.14. The maximum atomic E-state index is 10.3. The van der Waals surface area contributed by atoms with Crippen molar-refractivity contribution in [3.63, 3.8) is 0 Å². The lowest BCUT2D eigenvalue weighted by Crippen LogP contribution is -1.99. The first-order chi connectivity index (χ1) is 5.24. The third-order valence-corrected chi connectivity index (χ3v) is 1.14. The van der Waals surface area contributed by atoms with Crippen molar-refractivity contribution in [3.8, 4) is 0 Å². The van der Waals surface area contributed by atoms with E-state index in [-0.39, 0.29) is 12.1 Å². The molecule has 1 heterocycles. The quantitative estimate of drug-likeness (QED) is 0.611. The highest BCUT2D eigenvalue weighted by atomic mass is 16.4. The minimum atomic E-state index is -1.04. The van der Waals surface area contributed by atoms with Crippen LogP contribution in [0.4, 0.5) is 0 Å². The Morgan fingerprint density at radius 2 is 2.55 bits per heavy atom. The number of aromatic nitrogens is 2. The van der Waals surface area contributed by atoms with E-state index in [1.165, 1.54) is 17.1 Å². The molecule has 0 unspecified atom stereocenters. The van der Waals surface area contributed by atoms with E-state index in [9.17, 15) is 9.59 Å². The summed E-state index contributed by atoms with van der Waals surface area (Å²) in [4.78, 5) is 20.2. The lowest BCUT2D eigenvalue weighted by atomic mass is 10.4. The molecule has 0 saturated heterocycles. The molecule has 5 nitrogen and oxygen atoms in total. The maximum absolute atomic E-state index is 10.3. The van der Waals surface area contributed by atoms with Gasteiger partial charge in [-0.1, -0.05) is 0 Å². The summed E-state index contributed by atoms with van der Waals surface area (Å²) in [5.41, 5.74) is 0.0897. The van der Waals surface area contributed by atoms with Gasteiger partial charge in [-0.05, 0) is 0 Å². The topological polar surface area (TPSA) is 72.2 Å². The van der Waals surface area contributed by atoms with Gasteiger partial charge in [0.05, 0.1) is 18.3 Å². The zero-order valence-electron chi connectivity index (χ0n) is 5.60. The molecule has 1 N–H and O–H groups in total. The van der Waals surface area contributed by atoms with Crippen molar-refractivity contribution >= 4 is 12.3 Å². The van der Waals surface area contributed by atoms with Gasteiger partial charge in [0.1, 0.15) is 6.29 Å². The molecule has 1 aromatic heterocycles. The molecule has 58 valence electrons. The normalized spacial score (nSPS) is 9.45. The van der Waals surface area contributed by atoms with Gasteiger partial charge in [-0.25, -0.2) is 4.79 Å². The lowest BCUT2D eigenvalue weighted by Gasteiger charge is -1.88. The molecule has 1 aromatic rings. The van der Waals surface area contributed by atoms with Crippen LogP contribution in [0.2, 0.25) is 0 Å². The van der Waals surface area contributed by atoms with Gasteiger partial charge in [0.2, 0.25) is 0 Å². The smallest absolute Gasteiger partial charge is 0.338 e. The van der Waals surface area contributed by atoms with Crippen molar-refractivity contribution in [2.24, 2.45) is 0 Å². The summed E-state index contributed by atoms with van der Waals surface area (Å²) in [6.07, 6.45) is 3.15. The van der Waals surface area contributed by atoms with Gasteiger partial charge in [-0.15, -0.1) is 0 Å². The SMILES string of the molecule is O=CCn1cc(C(=O)O)cn1. The number of aromatic carboxylic acids is 1. The molecule has 0 aliphatic rings. The number of carbonyl (C=O) groups is 2.